The molecule has 1 N–H and O–H groups in total. The highest BCUT2D eigenvalue weighted by molar-refractivity contribution is 5.80. The second-order valence-corrected chi connectivity index (χ2v) is 5.82. The van der Waals surface area contributed by atoms with Crippen molar-refractivity contribution in [3.63, 3.8) is 0 Å². The third-order valence-electron chi connectivity index (χ3n) is 3.70. The first-order chi connectivity index (χ1) is 9.95. The summed E-state index contributed by atoms with van der Waals surface area (Å²) in [6, 6.07) is 6.23. The molecule has 1 heterocycles. The van der Waals surface area contributed by atoms with Crippen molar-refractivity contribution in [3.8, 4) is 0 Å². The van der Waals surface area contributed by atoms with Crippen molar-refractivity contribution in [2.75, 3.05) is 13.1 Å². The lowest BCUT2D eigenvalue weighted by Gasteiger charge is -2.21. The molecule has 21 heavy (non-hydrogen) atoms. The van der Waals surface area contributed by atoms with Crippen molar-refractivity contribution in [3.05, 3.63) is 35.6 Å². The smallest absolute Gasteiger partial charge is 0.224 e. The fourth-order valence-corrected chi connectivity index (χ4v) is 2.60. The van der Waals surface area contributed by atoms with Gasteiger partial charge < -0.3 is 10.2 Å². The SMILES string of the molecule is CC(C)N1CC(CNC(=O)Cc2cccc(F)c2)CC1=O. The lowest BCUT2D eigenvalue weighted by Crippen LogP contribution is -2.34. The molecule has 2 rings (SSSR count). The number of nitrogens with zero attached hydrogens (tertiary/aromatic N) is 1. The van der Waals surface area contributed by atoms with E-state index in [-0.39, 0.29) is 36.0 Å². The number of likely N-dealkylation sites (tertiary alicyclic amines) is 1. The van der Waals surface area contributed by atoms with Crippen molar-refractivity contribution in [2.45, 2.75) is 32.7 Å². The lowest BCUT2D eigenvalue weighted by atomic mass is 10.1. The third kappa shape index (κ3) is 4.28. The van der Waals surface area contributed by atoms with E-state index in [9.17, 15) is 14.0 Å². The van der Waals surface area contributed by atoms with Crippen molar-refractivity contribution in [2.24, 2.45) is 5.92 Å². The summed E-state index contributed by atoms with van der Waals surface area (Å²) >= 11 is 0. The number of halogens is 1. The third-order valence-corrected chi connectivity index (χ3v) is 3.70. The van der Waals surface area contributed by atoms with E-state index in [2.05, 4.69) is 5.32 Å². The van der Waals surface area contributed by atoms with Gasteiger partial charge in [0.1, 0.15) is 5.82 Å². The highest BCUT2D eigenvalue weighted by atomic mass is 19.1. The lowest BCUT2D eigenvalue weighted by molar-refractivity contribution is -0.129. The molecule has 1 saturated heterocycles. The molecule has 0 spiro atoms. The van der Waals surface area contributed by atoms with Crippen LogP contribution < -0.4 is 5.32 Å². The number of carbonyl (C=O) groups is 2. The average molecular weight is 292 g/mol. The summed E-state index contributed by atoms with van der Waals surface area (Å²) in [5, 5.41) is 2.83. The monoisotopic (exact) mass is 292 g/mol. The van der Waals surface area contributed by atoms with Gasteiger partial charge in [0, 0.05) is 31.5 Å². The number of hydrogen-bond acceptors (Lipinski definition) is 2. The van der Waals surface area contributed by atoms with Gasteiger partial charge in [-0.25, -0.2) is 4.39 Å². The molecule has 114 valence electrons. The highest BCUT2D eigenvalue weighted by Gasteiger charge is 2.30. The molecule has 1 unspecified atom stereocenters. The fraction of sp³-hybridized carbons (Fsp3) is 0.500. The van der Waals surface area contributed by atoms with Gasteiger partial charge in [0.15, 0.2) is 0 Å². The Balaban J connectivity index is 1.79. The molecule has 4 nitrogen and oxygen atoms in total. The van der Waals surface area contributed by atoms with Crippen molar-refractivity contribution >= 4 is 11.8 Å². The van der Waals surface area contributed by atoms with Gasteiger partial charge in [0.2, 0.25) is 11.8 Å². The summed E-state index contributed by atoms with van der Waals surface area (Å²) in [6.07, 6.45) is 0.644. The molecular formula is C16H21FN2O2. The first kappa shape index (κ1) is 15.5. The molecule has 2 amide bonds. The Morgan fingerprint density at radius 1 is 1.48 bits per heavy atom. The van der Waals surface area contributed by atoms with Crippen LogP contribution in [0.2, 0.25) is 0 Å². The first-order valence-electron chi connectivity index (χ1n) is 7.26. The molecule has 0 radical (unpaired) electrons. The molecule has 0 bridgehead atoms. The van der Waals surface area contributed by atoms with Crippen LogP contribution in [0.15, 0.2) is 24.3 Å². The summed E-state index contributed by atoms with van der Waals surface area (Å²) in [5.74, 6) is -0.170. The Labute approximate surface area is 124 Å². The Morgan fingerprint density at radius 2 is 2.24 bits per heavy atom. The van der Waals surface area contributed by atoms with E-state index in [0.29, 0.717) is 25.1 Å². The predicted octanol–water partition coefficient (Wildman–Crippen LogP) is 1.74. The van der Waals surface area contributed by atoms with Gasteiger partial charge in [0.05, 0.1) is 6.42 Å². The summed E-state index contributed by atoms with van der Waals surface area (Å²) in [7, 11) is 0. The predicted molar refractivity (Wildman–Crippen MR) is 78.1 cm³/mol. The molecule has 0 aromatic heterocycles. The zero-order chi connectivity index (χ0) is 15.4. The topological polar surface area (TPSA) is 49.4 Å². The van der Waals surface area contributed by atoms with Crippen LogP contribution in [0, 0.1) is 11.7 Å². The second-order valence-electron chi connectivity index (χ2n) is 5.82. The Kier molecular flexibility index (Phi) is 4.94. The van der Waals surface area contributed by atoms with Gasteiger partial charge in [-0.1, -0.05) is 12.1 Å². The fourth-order valence-electron chi connectivity index (χ4n) is 2.60. The Hall–Kier alpha value is -1.91. The number of nitrogens with one attached hydrogen (secondary N) is 1. The molecule has 1 aromatic rings. The van der Waals surface area contributed by atoms with Crippen LogP contribution in [0.3, 0.4) is 0 Å². The van der Waals surface area contributed by atoms with E-state index >= 15 is 0 Å². The van der Waals surface area contributed by atoms with E-state index in [1.165, 1.54) is 12.1 Å². The summed E-state index contributed by atoms with van der Waals surface area (Å²) in [4.78, 5) is 25.5. The van der Waals surface area contributed by atoms with E-state index in [0.717, 1.165) is 0 Å². The van der Waals surface area contributed by atoms with E-state index in [1.807, 2.05) is 18.7 Å². The standard InChI is InChI=1S/C16H21FN2O2/c1-11(2)19-10-13(8-16(19)21)9-18-15(20)7-12-4-3-5-14(17)6-12/h3-6,11,13H,7-10H2,1-2H3,(H,18,20). The molecule has 1 atom stereocenters. The van der Waals surface area contributed by atoms with E-state index in [1.54, 1.807) is 12.1 Å². The molecule has 1 aliphatic heterocycles. The van der Waals surface area contributed by atoms with Crippen LogP contribution in [-0.2, 0) is 16.0 Å². The van der Waals surface area contributed by atoms with Crippen molar-refractivity contribution in [1.29, 1.82) is 0 Å². The van der Waals surface area contributed by atoms with Crippen LogP contribution in [0.4, 0.5) is 4.39 Å². The highest BCUT2D eigenvalue weighted by Crippen LogP contribution is 2.19. The van der Waals surface area contributed by atoms with E-state index < -0.39 is 0 Å². The van der Waals surface area contributed by atoms with Gasteiger partial charge >= 0.3 is 0 Å². The Morgan fingerprint density at radius 3 is 2.86 bits per heavy atom. The van der Waals surface area contributed by atoms with Gasteiger partial charge in [0.25, 0.3) is 0 Å². The maximum absolute atomic E-state index is 13.0. The number of benzene rings is 1. The summed E-state index contributed by atoms with van der Waals surface area (Å²) in [5.41, 5.74) is 0.652. The summed E-state index contributed by atoms with van der Waals surface area (Å²) < 4.78 is 13.0. The van der Waals surface area contributed by atoms with Crippen molar-refractivity contribution in [1.82, 2.24) is 10.2 Å². The van der Waals surface area contributed by atoms with E-state index in [4.69, 9.17) is 0 Å². The van der Waals surface area contributed by atoms with Gasteiger partial charge in [-0.2, -0.15) is 0 Å². The number of amides is 2. The minimum atomic E-state index is -0.339. The maximum atomic E-state index is 13.0. The Bertz CT molecular complexity index is 531. The van der Waals surface area contributed by atoms with Gasteiger partial charge in [-0.15, -0.1) is 0 Å². The normalized spacial score (nSPS) is 18.4. The van der Waals surface area contributed by atoms with Gasteiger partial charge in [-0.05, 0) is 31.5 Å². The minimum Gasteiger partial charge on any atom is -0.355 e. The first-order valence-corrected chi connectivity index (χ1v) is 7.26. The summed E-state index contributed by atoms with van der Waals surface area (Å²) in [6.45, 7) is 5.16. The zero-order valence-electron chi connectivity index (χ0n) is 12.4. The van der Waals surface area contributed by atoms with Crippen LogP contribution in [-0.4, -0.2) is 35.8 Å². The average Bonchev–Trinajstić information content (AvgIpc) is 2.78. The quantitative estimate of drug-likeness (QED) is 0.898. The zero-order valence-corrected chi connectivity index (χ0v) is 12.4. The van der Waals surface area contributed by atoms with Crippen LogP contribution in [0.1, 0.15) is 25.8 Å². The largest absolute Gasteiger partial charge is 0.355 e. The van der Waals surface area contributed by atoms with Crippen LogP contribution >= 0.6 is 0 Å². The minimum absolute atomic E-state index is 0.143. The molecule has 1 aromatic carbocycles. The molecule has 0 aliphatic carbocycles. The molecule has 1 aliphatic rings. The number of carbonyl (C=O) groups excluding carboxylic acids is 2. The maximum Gasteiger partial charge on any atom is 0.224 e. The van der Waals surface area contributed by atoms with Crippen LogP contribution in [0.5, 0.6) is 0 Å². The molecule has 1 fully saturated rings. The van der Waals surface area contributed by atoms with Crippen LogP contribution in [0.25, 0.3) is 0 Å². The van der Waals surface area contributed by atoms with Gasteiger partial charge in [-0.3, -0.25) is 9.59 Å². The number of hydrogen-bond donors (Lipinski definition) is 1. The molecule has 0 saturated carbocycles. The molecular weight excluding hydrogens is 271 g/mol. The second kappa shape index (κ2) is 6.70. The molecule has 5 heteroatoms. The number of rotatable bonds is 5. The van der Waals surface area contributed by atoms with Crippen molar-refractivity contribution < 1.29 is 14.0 Å².